The van der Waals surface area contributed by atoms with Crippen LogP contribution >= 0.6 is 0 Å². The van der Waals surface area contributed by atoms with Gasteiger partial charge in [-0.3, -0.25) is 11.0 Å². The molecule has 0 aromatic rings. The topological polar surface area (TPSA) is 0 Å². The monoisotopic (exact) mass is 440 g/mol. The van der Waals surface area contributed by atoms with Crippen LogP contribution in [-0.2, 0) is 32.7 Å². The van der Waals surface area contributed by atoms with E-state index in [-0.39, 0.29) is 20.1 Å². The second-order valence-electron chi connectivity index (χ2n) is 4.36. The van der Waals surface area contributed by atoms with Gasteiger partial charge in [0.05, 0.1) is 0 Å². The van der Waals surface area contributed by atoms with Crippen LogP contribution in [0.3, 0.4) is 0 Å². The zero-order valence-electron chi connectivity index (χ0n) is 12.4. The predicted molar refractivity (Wildman–Crippen MR) is 79.2 cm³/mol. The van der Waals surface area contributed by atoms with Crippen LogP contribution in [0.4, 0.5) is 0 Å². The van der Waals surface area contributed by atoms with Crippen molar-refractivity contribution in [3.8, 4) is 0 Å². The third-order valence-corrected chi connectivity index (χ3v) is 3.43. The first-order valence-corrected chi connectivity index (χ1v) is 6.27. The summed E-state index contributed by atoms with van der Waals surface area (Å²) >= 11 is 4.73. The van der Waals surface area contributed by atoms with E-state index < -0.39 is 0 Å². The van der Waals surface area contributed by atoms with Gasteiger partial charge in [-0.2, -0.15) is 0 Å². The van der Waals surface area contributed by atoms with E-state index in [0.717, 1.165) is 4.91 Å². The number of hydrogen-bond donors (Lipinski definition) is 0. The van der Waals surface area contributed by atoms with Gasteiger partial charge in [0.1, 0.15) is 0 Å². The summed E-state index contributed by atoms with van der Waals surface area (Å²) in [7, 11) is 0. The van der Waals surface area contributed by atoms with Gasteiger partial charge in [0.25, 0.3) is 0 Å². The van der Waals surface area contributed by atoms with Crippen molar-refractivity contribution in [3.63, 3.8) is 0 Å². The van der Waals surface area contributed by atoms with Gasteiger partial charge in [0, 0.05) is 0 Å². The molecule has 0 aromatic heterocycles. The zero-order valence-corrected chi connectivity index (χ0v) is 15.6. The molecule has 1 fully saturated rings. The number of allylic oxidation sites excluding steroid dienone is 4. The van der Waals surface area contributed by atoms with Gasteiger partial charge < -0.3 is 12.6 Å². The van der Waals surface area contributed by atoms with Crippen LogP contribution in [-0.4, -0.2) is 0 Å². The average Bonchev–Trinajstić information content (AvgIpc) is 2.46. The molecule has 0 saturated heterocycles. The first-order valence-electron chi connectivity index (χ1n) is 5.86. The summed E-state index contributed by atoms with van der Waals surface area (Å²) in [4.78, 5) is 0.898. The number of rotatable bonds is 1. The smallest absolute Gasteiger partial charge is 0.803 e. The van der Waals surface area contributed by atoms with Crippen LogP contribution in [0.5, 0.6) is 0 Å². The minimum Gasteiger partial charge on any atom is -0.803 e. The third kappa shape index (κ3) is 6.50. The Hall–Kier alpha value is 0.349. The van der Waals surface area contributed by atoms with Crippen molar-refractivity contribution < 1.29 is 20.1 Å². The molecule has 0 aliphatic heterocycles. The van der Waals surface area contributed by atoms with Crippen molar-refractivity contribution in [1.82, 2.24) is 0 Å². The van der Waals surface area contributed by atoms with Crippen molar-refractivity contribution in [2.75, 3.05) is 0 Å². The summed E-state index contributed by atoms with van der Waals surface area (Å²) in [6, 6.07) is 0. The maximum Gasteiger partial charge on any atom is 3.00 e. The van der Waals surface area contributed by atoms with E-state index in [4.69, 9.17) is 12.6 Å². The molecule has 1 rings (SSSR count). The van der Waals surface area contributed by atoms with Crippen molar-refractivity contribution in [1.29, 1.82) is 0 Å². The van der Waals surface area contributed by atoms with Gasteiger partial charge >= 0.3 is 20.1 Å². The summed E-state index contributed by atoms with van der Waals surface area (Å²) in [5, 5.41) is 0. The molecule has 5 radical (unpaired) electrons. The molecule has 0 spiro atoms. The van der Waals surface area contributed by atoms with Crippen LogP contribution in [0.15, 0.2) is 17.1 Å². The van der Waals surface area contributed by atoms with Crippen LogP contribution in [0.1, 0.15) is 48.5 Å². The molecule has 1 aliphatic carbocycles. The Balaban J connectivity index is 0. The van der Waals surface area contributed by atoms with Gasteiger partial charge in [0.15, 0.2) is 0 Å². The second kappa shape index (κ2) is 10.2. The van der Waals surface area contributed by atoms with E-state index in [2.05, 4.69) is 40.7 Å². The van der Waals surface area contributed by atoms with Crippen LogP contribution in [0, 0.1) is 35.7 Å². The Morgan fingerprint density at radius 1 is 0.889 bits per heavy atom. The standard InChI is InChI=1S/C10H15.C6H9S.Ir/c1-6-7(2)9(4)10(5)8(6)3;1-3-4-5-6(2)7;/h1-5H3;4-5,7H,1-2H3;/q;-1;+3/p-1/b;6-5-;. The molecule has 0 aromatic carbocycles. The molecular weight excluding hydrogens is 416 g/mol. The Bertz CT molecular complexity index is 221. The minimum atomic E-state index is 0. The fraction of sp³-hybridized carbons (Fsp3) is 0.438. The summed E-state index contributed by atoms with van der Waals surface area (Å²) < 4.78 is 0. The molecule has 0 unspecified atom stereocenters. The molecule has 2 heteroatoms. The van der Waals surface area contributed by atoms with Crippen molar-refractivity contribution in [3.05, 3.63) is 52.7 Å². The van der Waals surface area contributed by atoms with Gasteiger partial charge in [-0.15, -0.1) is 6.92 Å². The van der Waals surface area contributed by atoms with Crippen LogP contribution < -0.4 is 0 Å². The zero-order chi connectivity index (χ0) is 13.6. The molecule has 1 saturated carbocycles. The van der Waals surface area contributed by atoms with Crippen molar-refractivity contribution >= 4 is 12.6 Å². The molecule has 0 nitrogen and oxygen atoms in total. The van der Waals surface area contributed by atoms with Crippen molar-refractivity contribution in [2.45, 2.75) is 48.5 Å². The molecule has 0 heterocycles. The molecule has 0 amide bonds. The summed E-state index contributed by atoms with van der Waals surface area (Å²) in [6.45, 7) is 14.7. The van der Waals surface area contributed by atoms with Crippen LogP contribution in [0.25, 0.3) is 0 Å². The average molecular weight is 440 g/mol. The molecule has 0 bridgehead atoms. The Morgan fingerprint density at radius 2 is 1.17 bits per heavy atom. The molecule has 0 atom stereocenters. The molecule has 101 valence electrons. The predicted octanol–water partition coefficient (Wildman–Crippen LogP) is 4.79. The van der Waals surface area contributed by atoms with Gasteiger partial charge in [-0.05, 0) is 29.6 Å². The second-order valence-corrected chi connectivity index (χ2v) is 5.00. The van der Waals surface area contributed by atoms with Gasteiger partial charge in [-0.1, -0.05) is 41.5 Å². The first-order chi connectivity index (χ1) is 7.82. The Morgan fingerprint density at radius 3 is 1.28 bits per heavy atom. The molecule has 1 aliphatic rings. The number of hydrogen-bond acceptors (Lipinski definition) is 1. The largest absolute Gasteiger partial charge is 3.00 e. The van der Waals surface area contributed by atoms with E-state index in [1.165, 1.54) is 29.6 Å². The maximum absolute atomic E-state index is 4.73. The summed E-state index contributed by atoms with van der Waals surface area (Å²) in [5.74, 6) is 7.34. The molecular formula is C16H23IrS+. The van der Waals surface area contributed by atoms with E-state index in [1.54, 1.807) is 0 Å². The van der Waals surface area contributed by atoms with E-state index in [0.29, 0.717) is 0 Å². The summed E-state index contributed by atoms with van der Waals surface area (Å²) in [5.41, 5.74) is 0. The first kappa shape index (κ1) is 20.7. The fourth-order valence-corrected chi connectivity index (χ4v) is 1.67. The van der Waals surface area contributed by atoms with Gasteiger partial charge in [-0.25, -0.2) is 12.2 Å². The van der Waals surface area contributed by atoms with Crippen molar-refractivity contribution in [2.24, 2.45) is 0 Å². The molecule has 18 heavy (non-hydrogen) atoms. The summed E-state index contributed by atoms with van der Waals surface area (Å²) in [6.07, 6.45) is 6.48. The fourth-order valence-electron chi connectivity index (χ4n) is 1.61. The SMILES string of the molecule is C[C-]=C/C=C(/C)[S-].C[C]1[C](C)[C](C)[C](C)[C]1C.[Ir+3]. The van der Waals surface area contributed by atoms with Crippen LogP contribution in [0.2, 0.25) is 0 Å². The minimum absolute atomic E-state index is 0. The van der Waals surface area contributed by atoms with E-state index >= 15 is 0 Å². The Kier molecular flexibility index (Phi) is 11.7. The normalized spacial score (nSPS) is 20.9. The molecule has 0 N–H and O–H groups in total. The van der Waals surface area contributed by atoms with Gasteiger partial charge in [0.2, 0.25) is 0 Å². The maximum atomic E-state index is 4.73. The van der Waals surface area contributed by atoms with E-state index in [9.17, 15) is 0 Å². The van der Waals surface area contributed by atoms with E-state index in [1.807, 2.05) is 26.0 Å². The quantitative estimate of drug-likeness (QED) is 0.322. The third-order valence-electron chi connectivity index (χ3n) is 3.30. The Labute approximate surface area is 133 Å².